The second-order valence-corrected chi connectivity index (χ2v) is 3.36. The standard InChI is InChI=1S/C14H17N3/c1-5-13(15-3)11-7-9-12(10-8-11)14(6-2)17-16-4/h5-10H,1H2,2-4H3/b14-6-,15-13?,17-16?. The first-order chi connectivity index (χ1) is 8.26. The number of hydrogen-bond donors (Lipinski definition) is 0. The molecule has 3 heteroatoms. The lowest BCUT2D eigenvalue weighted by molar-refractivity contribution is 1.17. The Balaban J connectivity index is 3.07. The third-order valence-corrected chi connectivity index (χ3v) is 2.39. The summed E-state index contributed by atoms with van der Waals surface area (Å²) >= 11 is 0. The van der Waals surface area contributed by atoms with Gasteiger partial charge < -0.3 is 0 Å². The maximum absolute atomic E-state index is 4.15. The fourth-order valence-corrected chi connectivity index (χ4v) is 1.54. The highest BCUT2D eigenvalue weighted by Gasteiger charge is 2.01. The third kappa shape index (κ3) is 3.21. The summed E-state index contributed by atoms with van der Waals surface area (Å²) in [6.45, 7) is 5.68. The molecule has 0 radical (unpaired) electrons. The van der Waals surface area contributed by atoms with E-state index in [9.17, 15) is 0 Å². The average Bonchev–Trinajstić information content (AvgIpc) is 2.38. The van der Waals surface area contributed by atoms with E-state index in [1.807, 2.05) is 37.3 Å². The lowest BCUT2D eigenvalue weighted by Gasteiger charge is -2.03. The van der Waals surface area contributed by atoms with E-state index in [1.165, 1.54) is 0 Å². The molecule has 0 saturated carbocycles. The first-order valence-electron chi connectivity index (χ1n) is 5.43. The van der Waals surface area contributed by atoms with E-state index in [4.69, 9.17) is 0 Å². The molecular formula is C14H17N3. The Labute approximate surface area is 102 Å². The predicted octanol–water partition coefficient (Wildman–Crippen LogP) is 3.73. The molecule has 0 aliphatic carbocycles. The lowest BCUT2D eigenvalue weighted by Crippen LogP contribution is -1.95. The Hall–Kier alpha value is -2.03. The molecule has 0 heterocycles. The second kappa shape index (κ2) is 6.53. The van der Waals surface area contributed by atoms with Crippen molar-refractivity contribution >= 4 is 11.4 Å². The molecule has 1 aromatic carbocycles. The van der Waals surface area contributed by atoms with Crippen LogP contribution in [0.15, 0.2) is 58.2 Å². The van der Waals surface area contributed by atoms with E-state index in [0.717, 1.165) is 22.5 Å². The molecule has 3 nitrogen and oxygen atoms in total. The van der Waals surface area contributed by atoms with E-state index in [2.05, 4.69) is 21.8 Å². The van der Waals surface area contributed by atoms with Gasteiger partial charge in [-0.15, -0.1) is 0 Å². The van der Waals surface area contributed by atoms with E-state index in [-0.39, 0.29) is 0 Å². The molecule has 0 aromatic heterocycles. The van der Waals surface area contributed by atoms with Crippen molar-refractivity contribution in [3.8, 4) is 0 Å². The minimum absolute atomic E-state index is 0.868. The summed E-state index contributed by atoms with van der Waals surface area (Å²) in [5.74, 6) is 0. The van der Waals surface area contributed by atoms with Gasteiger partial charge in [0.25, 0.3) is 0 Å². The van der Waals surface area contributed by atoms with Crippen LogP contribution in [-0.2, 0) is 0 Å². The molecule has 0 unspecified atom stereocenters. The number of benzene rings is 1. The SMILES string of the molecule is C=CC(=NC)c1ccc(/C(=C/C)N=NC)cc1. The zero-order valence-electron chi connectivity index (χ0n) is 10.5. The molecule has 88 valence electrons. The Morgan fingerprint density at radius 1 is 1.12 bits per heavy atom. The fraction of sp³-hybridized carbons (Fsp3) is 0.214. The van der Waals surface area contributed by atoms with Crippen LogP contribution in [0.1, 0.15) is 18.1 Å². The monoisotopic (exact) mass is 227 g/mol. The van der Waals surface area contributed by atoms with E-state index in [0.29, 0.717) is 0 Å². The number of rotatable bonds is 4. The first kappa shape index (κ1) is 13.0. The highest BCUT2D eigenvalue weighted by Crippen LogP contribution is 2.17. The summed E-state index contributed by atoms with van der Waals surface area (Å²) in [6, 6.07) is 8.03. The van der Waals surface area contributed by atoms with Crippen molar-refractivity contribution in [2.75, 3.05) is 14.1 Å². The van der Waals surface area contributed by atoms with Crippen LogP contribution in [0.2, 0.25) is 0 Å². The Bertz CT molecular complexity index is 465. The Morgan fingerprint density at radius 3 is 2.12 bits per heavy atom. The molecule has 0 aliphatic heterocycles. The maximum atomic E-state index is 4.15. The molecule has 0 amide bonds. The normalized spacial score (nSPS) is 13.1. The van der Waals surface area contributed by atoms with Crippen LogP contribution in [-0.4, -0.2) is 19.8 Å². The van der Waals surface area contributed by atoms with Gasteiger partial charge in [-0.2, -0.15) is 10.2 Å². The van der Waals surface area contributed by atoms with Crippen molar-refractivity contribution in [1.82, 2.24) is 0 Å². The summed E-state index contributed by atoms with van der Waals surface area (Å²) in [4.78, 5) is 4.15. The smallest absolute Gasteiger partial charge is 0.0882 e. The molecule has 0 spiro atoms. The van der Waals surface area contributed by atoms with Gasteiger partial charge in [0.1, 0.15) is 0 Å². The van der Waals surface area contributed by atoms with Crippen molar-refractivity contribution < 1.29 is 0 Å². The van der Waals surface area contributed by atoms with Gasteiger partial charge in [-0.25, -0.2) is 0 Å². The number of azo groups is 1. The number of nitrogens with zero attached hydrogens (tertiary/aromatic N) is 3. The molecule has 1 rings (SSSR count). The molecule has 0 bridgehead atoms. The van der Waals surface area contributed by atoms with E-state index in [1.54, 1.807) is 20.2 Å². The summed E-state index contributed by atoms with van der Waals surface area (Å²) in [5, 5.41) is 7.85. The molecule has 0 saturated heterocycles. The van der Waals surface area contributed by atoms with Crippen LogP contribution in [0.3, 0.4) is 0 Å². The fourth-order valence-electron chi connectivity index (χ4n) is 1.54. The molecular weight excluding hydrogens is 210 g/mol. The molecule has 0 N–H and O–H groups in total. The van der Waals surface area contributed by atoms with Crippen molar-refractivity contribution in [2.24, 2.45) is 15.2 Å². The highest BCUT2D eigenvalue weighted by atomic mass is 15.1. The summed E-state index contributed by atoms with van der Waals surface area (Å²) < 4.78 is 0. The van der Waals surface area contributed by atoms with Crippen LogP contribution < -0.4 is 0 Å². The Morgan fingerprint density at radius 2 is 1.71 bits per heavy atom. The third-order valence-electron chi connectivity index (χ3n) is 2.39. The number of allylic oxidation sites excluding steroid dienone is 2. The number of hydrogen-bond acceptors (Lipinski definition) is 3. The van der Waals surface area contributed by atoms with Crippen molar-refractivity contribution in [1.29, 1.82) is 0 Å². The maximum Gasteiger partial charge on any atom is 0.0882 e. The van der Waals surface area contributed by atoms with Gasteiger partial charge >= 0.3 is 0 Å². The van der Waals surface area contributed by atoms with E-state index >= 15 is 0 Å². The van der Waals surface area contributed by atoms with Gasteiger partial charge in [0.15, 0.2) is 0 Å². The lowest BCUT2D eigenvalue weighted by atomic mass is 10.1. The van der Waals surface area contributed by atoms with Gasteiger partial charge in [0.2, 0.25) is 0 Å². The van der Waals surface area contributed by atoms with Crippen LogP contribution in [0.4, 0.5) is 0 Å². The first-order valence-corrected chi connectivity index (χ1v) is 5.43. The summed E-state index contributed by atoms with van der Waals surface area (Å²) in [6.07, 6.45) is 3.68. The summed E-state index contributed by atoms with van der Waals surface area (Å²) in [7, 11) is 3.42. The predicted molar refractivity (Wildman–Crippen MR) is 73.5 cm³/mol. The van der Waals surface area contributed by atoms with Crippen LogP contribution in [0.5, 0.6) is 0 Å². The van der Waals surface area contributed by atoms with Gasteiger partial charge in [-0.05, 0) is 18.6 Å². The van der Waals surface area contributed by atoms with Crippen molar-refractivity contribution in [2.45, 2.75) is 6.92 Å². The van der Waals surface area contributed by atoms with Crippen LogP contribution >= 0.6 is 0 Å². The van der Waals surface area contributed by atoms with E-state index < -0.39 is 0 Å². The number of aliphatic imine (C=N–C) groups is 1. The average molecular weight is 227 g/mol. The topological polar surface area (TPSA) is 37.1 Å². The van der Waals surface area contributed by atoms with Crippen molar-refractivity contribution in [3.05, 3.63) is 54.1 Å². The van der Waals surface area contributed by atoms with Gasteiger partial charge in [-0.3, -0.25) is 4.99 Å². The minimum atomic E-state index is 0.868. The molecule has 17 heavy (non-hydrogen) atoms. The minimum Gasteiger partial charge on any atom is -0.288 e. The Kier molecular flexibility index (Phi) is 5.01. The second-order valence-electron chi connectivity index (χ2n) is 3.36. The summed E-state index contributed by atoms with van der Waals surface area (Å²) in [5.41, 5.74) is 3.85. The highest BCUT2D eigenvalue weighted by molar-refractivity contribution is 6.08. The van der Waals surface area contributed by atoms with Gasteiger partial charge in [0.05, 0.1) is 11.4 Å². The van der Waals surface area contributed by atoms with Gasteiger partial charge in [0, 0.05) is 19.7 Å². The van der Waals surface area contributed by atoms with Crippen LogP contribution in [0.25, 0.3) is 5.70 Å². The largest absolute Gasteiger partial charge is 0.288 e. The molecule has 0 fully saturated rings. The molecule has 0 aliphatic rings. The van der Waals surface area contributed by atoms with Crippen LogP contribution in [0, 0.1) is 0 Å². The van der Waals surface area contributed by atoms with Gasteiger partial charge in [-0.1, -0.05) is 36.9 Å². The zero-order valence-corrected chi connectivity index (χ0v) is 10.5. The quantitative estimate of drug-likeness (QED) is 0.555. The van der Waals surface area contributed by atoms with Crippen molar-refractivity contribution in [3.63, 3.8) is 0 Å². The molecule has 0 atom stereocenters. The molecule has 1 aromatic rings. The zero-order chi connectivity index (χ0) is 12.7.